The quantitative estimate of drug-likeness (QED) is 0.382. The van der Waals surface area contributed by atoms with E-state index in [1.807, 2.05) is 18.2 Å². The molecular formula is C26H26ClFN6O2. The van der Waals surface area contributed by atoms with Crippen LogP contribution in [0.5, 0.6) is 5.75 Å². The lowest BCUT2D eigenvalue weighted by atomic mass is 10.1. The Balaban J connectivity index is 1.61. The molecule has 3 N–H and O–H groups in total. The minimum Gasteiger partial charge on any atom is -0.491 e. The van der Waals surface area contributed by atoms with Crippen LogP contribution in [0.1, 0.15) is 30.6 Å². The van der Waals surface area contributed by atoms with Crippen molar-refractivity contribution in [1.82, 2.24) is 15.3 Å². The highest BCUT2D eigenvalue weighted by Crippen LogP contribution is 2.36. The predicted octanol–water partition coefficient (Wildman–Crippen LogP) is 5.12. The second-order valence-corrected chi connectivity index (χ2v) is 8.77. The van der Waals surface area contributed by atoms with Crippen LogP contribution in [0.2, 0.25) is 5.02 Å². The Bertz CT molecular complexity index is 1310. The maximum atomic E-state index is 14.7. The van der Waals surface area contributed by atoms with Gasteiger partial charge in [0.15, 0.2) is 5.82 Å². The number of aromatic nitrogens is 2. The van der Waals surface area contributed by atoms with Gasteiger partial charge in [-0.2, -0.15) is 4.98 Å². The largest absolute Gasteiger partial charge is 0.491 e. The molecule has 3 aromatic rings. The molecule has 2 heterocycles. The summed E-state index contributed by atoms with van der Waals surface area (Å²) < 4.78 is 20.6. The summed E-state index contributed by atoms with van der Waals surface area (Å²) in [5, 5.41) is 8.68. The molecule has 0 aliphatic carbocycles. The normalized spacial score (nSPS) is 12.7. The SMILES string of the molecule is C#CCNC(=O)c1cccc(F)c1Nc1nc(Nc2ccc3c(c2)N(C(C)C)CCCO3)ncc1Cl. The highest BCUT2D eigenvalue weighted by molar-refractivity contribution is 6.33. The summed E-state index contributed by atoms with van der Waals surface area (Å²) in [5.41, 5.74) is 1.72. The summed E-state index contributed by atoms with van der Waals surface area (Å²) in [6.45, 7) is 5.84. The van der Waals surface area contributed by atoms with Crippen molar-refractivity contribution in [1.29, 1.82) is 0 Å². The predicted molar refractivity (Wildman–Crippen MR) is 140 cm³/mol. The number of benzene rings is 2. The number of hydrogen-bond acceptors (Lipinski definition) is 7. The molecule has 186 valence electrons. The van der Waals surface area contributed by atoms with Gasteiger partial charge >= 0.3 is 0 Å². The second-order valence-electron chi connectivity index (χ2n) is 8.36. The topological polar surface area (TPSA) is 91.4 Å². The third-order valence-electron chi connectivity index (χ3n) is 5.55. The monoisotopic (exact) mass is 508 g/mol. The second kappa shape index (κ2) is 11.1. The number of nitrogens with zero attached hydrogens (tertiary/aromatic N) is 3. The minimum absolute atomic E-state index is 0.0111. The number of hydrogen-bond donors (Lipinski definition) is 3. The average Bonchev–Trinajstić information content (AvgIpc) is 3.08. The maximum Gasteiger partial charge on any atom is 0.254 e. The summed E-state index contributed by atoms with van der Waals surface area (Å²) in [6, 6.07) is 10.2. The summed E-state index contributed by atoms with van der Waals surface area (Å²) >= 11 is 6.30. The first-order valence-electron chi connectivity index (χ1n) is 11.5. The molecule has 0 saturated carbocycles. The van der Waals surface area contributed by atoms with Gasteiger partial charge in [-0.15, -0.1) is 6.42 Å². The fourth-order valence-corrected chi connectivity index (χ4v) is 3.98. The number of carbonyl (C=O) groups excluding carboxylic acids is 1. The van der Waals surface area contributed by atoms with E-state index in [1.165, 1.54) is 24.4 Å². The number of amides is 1. The Labute approximate surface area is 214 Å². The number of carbonyl (C=O) groups is 1. The van der Waals surface area contributed by atoms with Crippen molar-refractivity contribution in [3.05, 3.63) is 59.0 Å². The fourth-order valence-electron chi connectivity index (χ4n) is 3.84. The zero-order valence-electron chi connectivity index (χ0n) is 19.9. The highest BCUT2D eigenvalue weighted by atomic mass is 35.5. The van der Waals surface area contributed by atoms with Crippen LogP contribution in [0.25, 0.3) is 0 Å². The molecule has 0 atom stereocenters. The molecule has 8 nitrogen and oxygen atoms in total. The van der Waals surface area contributed by atoms with E-state index in [0.29, 0.717) is 12.6 Å². The molecule has 1 aromatic heterocycles. The van der Waals surface area contributed by atoms with Gasteiger partial charge in [-0.1, -0.05) is 23.6 Å². The smallest absolute Gasteiger partial charge is 0.254 e. The lowest BCUT2D eigenvalue weighted by Gasteiger charge is -2.28. The number of anilines is 5. The number of rotatable bonds is 7. The van der Waals surface area contributed by atoms with Gasteiger partial charge in [-0.25, -0.2) is 9.37 Å². The van der Waals surface area contributed by atoms with E-state index in [4.69, 9.17) is 22.8 Å². The molecule has 0 fully saturated rings. The number of terminal acetylenes is 1. The third kappa shape index (κ3) is 5.61. The number of fused-ring (bicyclic) bond motifs is 1. The number of nitrogens with one attached hydrogen (secondary N) is 3. The van der Waals surface area contributed by atoms with Crippen LogP contribution in [-0.4, -0.2) is 41.6 Å². The molecule has 10 heteroatoms. The average molecular weight is 509 g/mol. The minimum atomic E-state index is -0.646. The van der Waals surface area contributed by atoms with Gasteiger partial charge in [0.1, 0.15) is 16.6 Å². The Morgan fingerprint density at radius 2 is 2.14 bits per heavy atom. The molecule has 1 aliphatic rings. The van der Waals surface area contributed by atoms with Gasteiger partial charge in [0.25, 0.3) is 5.91 Å². The number of ether oxygens (including phenoxy) is 1. The van der Waals surface area contributed by atoms with Crippen molar-refractivity contribution in [3.8, 4) is 18.1 Å². The van der Waals surface area contributed by atoms with Crippen molar-refractivity contribution in [2.24, 2.45) is 0 Å². The van der Waals surface area contributed by atoms with E-state index in [-0.39, 0.29) is 34.6 Å². The summed E-state index contributed by atoms with van der Waals surface area (Å²) in [7, 11) is 0. The lowest BCUT2D eigenvalue weighted by Crippen LogP contribution is -2.31. The first kappa shape index (κ1) is 25.1. The van der Waals surface area contributed by atoms with Crippen LogP contribution in [-0.2, 0) is 0 Å². The Morgan fingerprint density at radius 1 is 1.31 bits per heavy atom. The number of para-hydroxylation sites is 1. The highest BCUT2D eigenvalue weighted by Gasteiger charge is 2.20. The van der Waals surface area contributed by atoms with Crippen LogP contribution in [0.4, 0.5) is 33.2 Å². The summed E-state index contributed by atoms with van der Waals surface area (Å²) in [5.74, 6) is 2.33. The zero-order valence-corrected chi connectivity index (χ0v) is 20.7. The lowest BCUT2D eigenvalue weighted by molar-refractivity contribution is 0.0959. The van der Waals surface area contributed by atoms with Crippen LogP contribution in [0.15, 0.2) is 42.6 Å². The van der Waals surface area contributed by atoms with Crippen LogP contribution >= 0.6 is 11.6 Å². The maximum absolute atomic E-state index is 14.7. The molecule has 0 spiro atoms. The first-order valence-corrected chi connectivity index (χ1v) is 11.9. The van der Waals surface area contributed by atoms with Crippen molar-refractivity contribution < 1.29 is 13.9 Å². The van der Waals surface area contributed by atoms with Gasteiger partial charge in [0.05, 0.1) is 36.3 Å². The van der Waals surface area contributed by atoms with Crippen LogP contribution in [0.3, 0.4) is 0 Å². The van der Waals surface area contributed by atoms with Crippen molar-refractivity contribution in [2.45, 2.75) is 26.3 Å². The summed E-state index contributed by atoms with van der Waals surface area (Å²) in [6.07, 6.45) is 7.54. The van der Waals surface area contributed by atoms with Gasteiger partial charge in [0.2, 0.25) is 5.95 Å². The molecule has 36 heavy (non-hydrogen) atoms. The molecule has 1 amide bonds. The molecule has 0 bridgehead atoms. The molecule has 1 aliphatic heterocycles. The van der Waals surface area contributed by atoms with E-state index < -0.39 is 11.7 Å². The number of halogens is 2. The van der Waals surface area contributed by atoms with E-state index in [9.17, 15) is 9.18 Å². The van der Waals surface area contributed by atoms with Crippen molar-refractivity contribution in [2.75, 3.05) is 35.2 Å². The van der Waals surface area contributed by atoms with Crippen molar-refractivity contribution in [3.63, 3.8) is 0 Å². The Hall–Kier alpha value is -4.03. The molecule has 0 radical (unpaired) electrons. The zero-order chi connectivity index (χ0) is 25.7. The van der Waals surface area contributed by atoms with E-state index in [2.05, 4.69) is 50.6 Å². The fraction of sp³-hybridized carbons (Fsp3) is 0.269. The van der Waals surface area contributed by atoms with Gasteiger partial charge in [-0.3, -0.25) is 4.79 Å². The Morgan fingerprint density at radius 3 is 2.92 bits per heavy atom. The standard InChI is InChI=1S/C26H26ClFN6O2/c1-4-11-29-25(35)18-7-5-8-20(28)23(18)32-24-19(27)15-30-26(33-24)31-17-9-10-22-21(14-17)34(16(2)3)12-6-13-36-22/h1,5,7-10,14-16H,6,11-13H2,2-3H3,(H,29,35)(H2,30,31,32,33). The molecular weight excluding hydrogens is 483 g/mol. The molecule has 2 aromatic carbocycles. The van der Waals surface area contributed by atoms with Crippen LogP contribution < -0.4 is 25.6 Å². The van der Waals surface area contributed by atoms with Crippen molar-refractivity contribution >= 4 is 46.3 Å². The van der Waals surface area contributed by atoms with E-state index in [0.717, 1.165) is 30.1 Å². The summed E-state index contributed by atoms with van der Waals surface area (Å²) in [4.78, 5) is 23.4. The van der Waals surface area contributed by atoms with Crippen LogP contribution in [0, 0.1) is 18.2 Å². The Kier molecular flexibility index (Phi) is 7.76. The third-order valence-corrected chi connectivity index (χ3v) is 5.82. The molecule has 0 unspecified atom stereocenters. The molecule has 0 saturated heterocycles. The van der Waals surface area contributed by atoms with Gasteiger partial charge < -0.3 is 25.6 Å². The first-order chi connectivity index (χ1) is 17.4. The van der Waals surface area contributed by atoms with Gasteiger partial charge in [-0.05, 0) is 50.6 Å². The molecule has 4 rings (SSSR count). The van der Waals surface area contributed by atoms with Gasteiger partial charge in [0, 0.05) is 18.3 Å². The van der Waals surface area contributed by atoms with E-state index in [1.54, 1.807) is 0 Å². The van der Waals surface area contributed by atoms with E-state index >= 15 is 0 Å².